The molecule has 2 amide bonds. The minimum Gasteiger partial charge on any atom is -0.361 e. The molecule has 0 aliphatic carbocycles. The average molecular weight is 333 g/mol. The number of rotatable bonds is 5. The van der Waals surface area contributed by atoms with Gasteiger partial charge < -0.3 is 9.84 Å². The van der Waals surface area contributed by atoms with Crippen LogP contribution in [0, 0.1) is 13.8 Å². The van der Waals surface area contributed by atoms with Crippen molar-refractivity contribution in [2.75, 3.05) is 11.9 Å². The Balaban J connectivity index is 1.81. The second kappa shape index (κ2) is 7.07. The molecule has 2 heterocycles. The van der Waals surface area contributed by atoms with Crippen molar-refractivity contribution >= 4 is 11.8 Å². The van der Waals surface area contributed by atoms with Gasteiger partial charge >= 0.3 is 6.03 Å². The number of hydrogen-bond donors (Lipinski definition) is 2. The van der Waals surface area contributed by atoms with E-state index in [4.69, 9.17) is 4.52 Å². The highest BCUT2D eigenvalue weighted by molar-refractivity contribution is 5.88. The molecule has 7 heteroatoms. The summed E-state index contributed by atoms with van der Waals surface area (Å²) >= 11 is 0. The molecular weight excluding hydrogens is 306 g/mol. The Morgan fingerprint density at radius 3 is 2.58 bits per heavy atom. The van der Waals surface area contributed by atoms with E-state index < -0.39 is 0 Å². The van der Waals surface area contributed by atoms with Gasteiger partial charge in [-0.25, -0.2) is 4.79 Å². The highest BCUT2D eigenvalue weighted by Gasteiger charge is 2.19. The maximum Gasteiger partial charge on any atom is 0.320 e. The summed E-state index contributed by atoms with van der Waals surface area (Å²) in [5, 5.41) is 14.1. The van der Waals surface area contributed by atoms with E-state index in [0.717, 1.165) is 35.6 Å². The molecule has 132 valence electrons. The largest absolute Gasteiger partial charge is 0.361 e. The SMILES string of the molecule is Cc1noc(C)c1CCCNC(=O)Nc1cc(C(C)(C)C)nn1C. The molecule has 0 unspecified atom stereocenters. The van der Waals surface area contributed by atoms with Crippen LogP contribution < -0.4 is 10.6 Å². The van der Waals surface area contributed by atoms with Crippen LogP contribution in [0.2, 0.25) is 0 Å². The molecule has 0 aliphatic heterocycles. The molecule has 7 nitrogen and oxygen atoms in total. The zero-order valence-corrected chi connectivity index (χ0v) is 15.4. The first-order chi connectivity index (χ1) is 11.2. The number of carbonyl (C=O) groups excluding carboxylic acids is 1. The van der Waals surface area contributed by atoms with Crippen molar-refractivity contribution in [3.8, 4) is 0 Å². The molecule has 2 aromatic rings. The molecule has 0 fully saturated rings. The van der Waals surface area contributed by atoms with Gasteiger partial charge in [0.2, 0.25) is 0 Å². The van der Waals surface area contributed by atoms with E-state index in [1.807, 2.05) is 27.0 Å². The van der Waals surface area contributed by atoms with Gasteiger partial charge in [0.1, 0.15) is 11.6 Å². The first-order valence-corrected chi connectivity index (χ1v) is 8.19. The molecule has 0 aromatic carbocycles. The minimum absolute atomic E-state index is 0.0531. The number of hydrogen-bond acceptors (Lipinski definition) is 4. The van der Waals surface area contributed by atoms with Crippen LogP contribution in [0.25, 0.3) is 0 Å². The summed E-state index contributed by atoms with van der Waals surface area (Å²) in [7, 11) is 1.82. The molecule has 0 radical (unpaired) electrons. The first kappa shape index (κ1) is 18.0. The lowest BCUT2D eigenvalue weighted by molar-refractivity contribution is 0.252. The smallest absolute Gasteiger partial charge is 0.320 e. The van der Waals surface area contributed by atoms with Crippen molar-refractivity contribution in [1.29, 1.82) is 0 Å². The van der Waals surface area contributed by atoms with Crippen LogP contribution in [-0.2, 0) is 18.9 Å². The third-order valence-electron chi connectivity index (χ3n) is 3.96. The molecule has 2 rings (SSSR count). The lowest BCUT2D eigenvalue weighted by Crippen LogP contribution is -2.30. The van der Waals surface area contributed by atoms with E-state index in [2.05, 4.69) is 41.7 Å². The molecule has 0 spiro atoms. The van der Waals surface area contributed by atoms with E-state index in [1.54, 1.807) is 4.68 Å². The second-order valence-electron chi connectivity index (χ2n) is 7.08. The molecule has 0 aliphatic rings. The van der Waals surface area contributed by atoms with Crippen LogP contribution >= 0.6 is 0 Å². The Morgan fingerprint density at radius 2 is 2.04 bits per heavy atom. The number of anilines is 1. The number of aromatic nitrogens is 3. The van der Waals surface area contributed by atoms with Gasteiger partial charge in [0.05, 0.1) is 11.4 Å². The Hall–Kier alpha value is -2.31. The van der Waals surface area contributed by atoms with Gasteiger partial charge in [-0.3, -0.25) is 10.00 Å². The van der Waals surface area contributed by atoms with Crippen LogP contribution in [0.5, 0.6) is 0 Å². The third-order valence-corrected chi connectivity index (χ3v) is 3.96. The van der Waals surface area contributed by atoms with Crippen LogP contribution in [0.4, 0.5) is 10.6 Å². The Labute approximate surface area is 142 Å². The predicted molar refractivity (Wildman–Crippen MR) is 93.2 cm³/mol. The van der Waals surface area contributed by atoms with Gasteiger partial charge in [-0.15, -0.1) is 0 Å². The summed E-state index contributed by atoms with van der Waals surface area (Å²) in [4.78, 5) is 12.0. The van der Waals surface area contributed by atoms with Gasteiger partial charge in [-0.05, 0) is 26.7 Å². The van der Waals surface area contributed by atoms with Crippen molar-refractivity contribution in [3.05, 3.63) is 28.8 Å². The summed E-state index contributed by atoms with van der Waals surface area (Å²) in [5.41, 5.74) is 2.93. The monoisotopic (exact) mass is 333 g/mol. The average Bonchev–Trinajstić information content (AvgIpc) is 3.00. The second-order valence-corrected chi connectivity index (χ2v) is 7.08. The maximum atomic E-state index is 12.0. The summed E-state index contributed by atoms with van der Waals surface area (Å²) in [6.07, 6.45) is 1.66. The predicted octanol–water partition coefficient (Wildman–Crippen LogP) is 3.08. The fourth-order valence-electron chi connectivity index (χ4n) is 2.44. The van der Waals surface area contributed by atoms with Crippen LogP contribution in [-0.4, -0.2) is 27.5 Å². The van der Waals surface area contributed by atoms with Crippen LogP contribution in [0.1, 0.15) is 49.9 Å². The van der Waals surface area contributed by atoms with Gasteiger partial charge in [0, 0.05) is 30.6 Å². The molecule has 0 bridgehead atoms. The Kier molecular flexibility index (Phi) is 5.31. The molecule has 0 atom stereocenters. The molecule has 0 saturated carbocycles. The number of aryl methyl sites for hydroxylation is 3. The van der Waals surface area contributed by atoms with E-state index in [-0.39, 0.29) is 11.4 Å². The zero-order chi connectivity index (χ0) is 17.9. The fraction of sp³-hybridized carbons (Fsp3) is 0.588. The third kappa shape index (κ3) is 4.37. The number of amides is 2. The quantitative estimate of drug-likeness (QED) is 0.824. The van der Waals surface area contributed by atoms with Crippen LogP contribution in [0.15, 0.2) is 10.6 Å². The molecule has 0 saturated heterocycles. The maximum absolute atomic E-state index is 12.0. The zero-order valence-electron chi connectivity index (χ0n) is 15.4. The van der Waals surface area contributed by atoms with Crippen molar-refractivity contribution in [2.24, 2.45) is 7.05 Å². The number of carbonyl (C=O) groups is 1. The summed E-state index contributed by atoms with van der Waals surface area (Å²) in [5.74, 6) is 1.53. The normalized spacial score (nSPS) is 11.6. The number of nitrogens with one attached hydrogen (secondary N) is 2. The Morgan fingerprint density at radius 1 is 1.33 bits per heavy atom. The van der Waals surface area contributed by atoms with E-state index in [1.165, 1.54) is 0 Å². The highest BCUT2D eigenvalue weighted by Crippen LogP contribution is 2.23. The summed E-state index contributed by atoms with van der Waals surface area (Å²) in [6, 6.07) is 1.68. The lowest BCUT2D eigenvalue weighted by atomic mass is 9.92. The fourth-order valence-corrected chi connectivity index (χ4v) is 2.44. The first-order valence-electron chi connectivity index (χ1n) is 8.19. The van der Waals surface area contributed by atoms with Gasteiger partial charge in [-0.2, -0.15) is 5.10 Å². The van der Waals surface area contributed by atoms with Crippen molar-refractivity contribution in [1.82, 2.24) is 20.3 Å². The number of nitrogens with zero attached hydrogens (tertiary/aromatic N) is 3. The summed E-state index contributed by atoms with van der Waals surface area (Å²) in [6.45, 7) is 10.7. The van der Waals surface area contributed by atoms with Crippen molar-refractivity contribution in [3.63, 3.8) is 0 Å². The Bertz CT molecular complexity index is 690. The minimum atomic E-state index is -0.225. The molecule has 2 aromatic heterocycles. The standard InChI is InChI=1S/C17H27N5O2/c1-11-13(12(2)24-21-11)8-7-9-18-16(23)19-15-10-14(17(3,4)5)20-22(15)6/h10H,7-9H2,1-6H3,(H2,18,19,23). The topological polar surface area (TPSA) is 85.0 Å². The van der Waals surface area contributed by atoms with E-state index >= 15 is 0 Å². The number of urea groups is 1. The molecule has 24 heavy (non-hydrogen) atoms. The summed E-state index contributed by atoms with van der Waals surface area (Å²) < 4.78 is 6.82. The van der Waals surface area contributed by atoms with Gasteiger partial charge in [0.25, 0.3) is 0 Å². The van der Waals surface area contributed by atoms with Crippen molar-refractivity contribution in [2.45, 2.75) is 52.9 Å². The molecular formula is C17H27N5O2. The van der Waals surface area contributed by atoms with E-state index in [9.17, 15) is 4.79 Å². The van der Waals surface area contributed by atoms with Gasteiger partial charge in [0.15, 0.2) is 0 Å². The highest BCUT2D eigenvalue weighted by atomic mass is 16.5. The van der Waals surface area contributed by atoms with Crippen molar-refractivity contribution < 1.29 is 9.32 Å². The van der Waals surface area contributed by atoms with Crippen LogP contribution in [0.3, 0.4) is 0 Å². The van der Waals surface area contributed by atoms with E-state index in [0.29, 0.717) is 12.4 Å². The lowest BCUT2D eigenvalue weighted by Gasteiger charge is -2.13. The van der Waals surface area contributed by atoms with Gasteiger partial charge in [-0.1, -0.05) is 25.9 Å². The molecule has 2 N–H and O–H groups in total.